The van der Waals surface area contributed by atoms with Crippen LogP contribution in [0.25, 0.3) is 0 Å². The Hall–Kier alpha value is -1.52. The molecular weight excluding hydrogens is 293 g/mol. The first-order chi connectivity index (χ1) is 11.0. The van der Waals surface area contributed by atoms with Gasteiger partial charge in [0.25, 0.3) is 0 Å². The Morgan fingerprint density at radius 2 is 2.00 bits per heavy atom. The van der Waals surface area contributed by atoms with E-state index in [4.69, 9.17) is 0 Å². The van der Waals surface area contributed by atoms with Crippen molar-refractivity contribution in [2.45, 2.75) is 57.7 Å². The van der Waals surface area contributed by atoms with Crippen LogP contribution in [0.15, 0.2) is 53.0 Å². The van der Waals surface area contributed by atoms with E-state index >= 15 is 0 Å². The van der Waals surface area contributed by atoms with Gasteiger partial charge in [0.1, 0.15) is 5.83 Å². The van der Waals surface area contributed by atoms with Crippen molar-refractivity contribution in [1.29, 1.82) is 0 Å². The summed E-state index contributed by atoms with van der Waals surface area (Å²) in [6, 6.07) is 0. The minimum Gasteiger partial charge on any atom is -0.393 e. The molecule has 4 heteroatoms. The number of halogens is 1. The summed E-state index contributed by atoms with van der Waals surface area (Å²) in [5.74, 6) is -0.144. The van der Waals surface area contributed by atoms with Crippen molar-refractivity contribution in [2.75, 3.05) is 0 Å². The zero-order valence-corrected chi connectivity index (χ0v) is 13.9. The van der Waals surface area contributed by atoms with Crippen molar-refractivity contribution in [2.24, 2.45) is 10.9 Å². The van der Waals surface area contributed by atoms with Gasteiger partial charge in [-0.15, -0.1) is 0 Å². The average Bonchev–Trinajstić information content (AvgIpc) is 2.53. The highest BCUT2D eigenvalue weighted by Gasteiger charge is 2.25. The van der Waals surface area contributed by atoms with Crippen LogP contribution in [0.3, 0.4) is 0 Å². The van der Waals surface area contributed by atoms with Gasteiger partial charge in [-0.25, -0.2) is 4.39 Å². The quantitative estimate of drug-likeness (QED) is 0.519. The number of aliphatic hydroxyl groups is 2. The van der Waals surface area contributed by atoms with E-state index in [9.17, 15) is 14.6 Å². The summed E-state index contributed by atoms with van der Waals surface area (Å²) >= 11 is 0. The molecule has 3 nitrogen and oxygen atoms in total. The van der Waals surface area contributed by atoms with E-state index in [1.54, 1.807) is 6.08 Å². The molecule has 23 heavy (non-hydrogen) atoms. The molecule has 0 aromatic heterocycles. The molecule has 1 rings (SSSR count). The second-order valence-electron chi connectivity index (χ2n) is 6.08. The molecule has 1 aliphatic carbocycles. The lowest BCUT2D eigenvalue weighted by atomic mass is 9.82. The third-order valence-corrected chi connectivity index (χ3v) is 4.43. The zero-order valence-electron chi connectivity index (χ0n) is 13.9. The maximum Gasteiger partial charge on any atom is 0.126 e. The lowest BCUT2D eigenvalue weighted by molar-refractivity contribution is 0.0380. The van der Waals surface area contributed by atoms with Crippen LogP contribution in [0.2, 0.25) is 0 Å². The van der Waals surface area contributed by atoms with Crippen LogP contribution in [-0.2, 0) is 0 Å². The molecule has 0 bridgehead atoms. The Bertz CT molecular complexity index is 486. The number of aliphatic hydroxyl groups excluding tert-OH is 2. The molecule has 0 radical (unpaired) electrons. The number of aliphatic imine (C=N–C) groups is 1. The summed E-state index contributed by atoms with van der Waals surface area (Å²) in [6.07, 6.45) is 9.35. The Balaban J connectivity index is 2.74. The zero-order chi connectivity index (χ0) is 17.2. The second kappa shape index (κ2) is 10.3. The molecule has 1 saturated carbocycles. The summed E-state index contributed by atoms with van der Waals surface area (Å²) in [5.41, 5.74) is 1.32. The molecule has 0 amide bonds. The number of nitrogens with zero attached hydrogens (tertiary/aromatic N) is 1. The molecule has 0 heterocycles. The monoisotopic (exact) mass is 321 g/mol. The predicted molar refractivity (Wildman–Crippen MR) is 94.0 cm³/mol. The first-order valence-corrected chi connectivity index (χ1v) is 8.16. The molecule has 0 aromatic carbocycles. The van der Waals surface area contributed by atoms with Gasteiger partial charge in [0, 0.05) is 6.20 Å². The molecule has 1 fully saturated rings. The lowest BCUT2D eigenvalue weighted by Crippen LogP contribution is -2.27. The van der Waals surface area contributed by atoms with E-state index in [1.165, 1.54) is 18.4 Å². The Morgan fingerprint density at radius 1 is 1.35 bits per heavy atom. The van der Waals surface area contributed by atoms with Gasteiger partial charge >= 0.3 is 0 Å². The fourth-order valence-electron chi connectivity index (χ4n) is 2.99. The summed E-state index contributed by atoms with van der Waals surface area (Å²) in [7, 11) is 0. The van der Waals surface area contributed by atoms with Crippen LogP contribution in [-0.4, -0.2) is 29.1 Å². The van der Waals surface area contributed by atoms with Crippen LogP contribution < -0.4 is 0 Å². The number of hydrogen-bond acceptors (Lipinski definition) is 3. The highest BCUT2D eigenvalue weighted by atomic mass is 19.1. The smallest absolute Gasteiger partial charge is 0.126 e. The van der Waals surface area contributed by atoms with E-state index in [-0.39, 0.29) is 17.8 Å². The van der Waals surface area contributed by atoms with E-state index < -0.39 is 6.10 Å². The Labute approximate surface area is 138 Å². The van der Waals surface area contributed by atoms with Crippen molar-refractivity contribution in [1.82, 2.24) is 0 Å². The highest BCUT2D eigenvalue weighted by molar-refractivity contribution is 5.37. The van der Waals surface area contributed by atoms with Gasteiger partial charge in [0.15, 0.2) is 0 Å². The van der Waals surface area contributed by atoms with Crippen LogP contribution >= 0.6 is 0 Å². The van der Waals surface area contributed by atoms with Crippen LogP contribution in [0, 0.1) is 5.92 Å². The fraction of sp³-hybridized carbons (Fsp3) is 0.526. The summed E-state index contributed by atoms with van der Waals surface area (Å²) in [4.78, 5) is 3.64. The first kappa shape index (κ1) is 19.5. The highest BCUT2D eigenvalue weighted by Crippen LogP contribution is 2.31. The van der Waals surface area contributed by atoms with E-state index in [2.05, 4.69) is 18.3 Å². The second-order valence-corrected chi connectivity index (χ2v) is 6.08. The summed E-state index contributed by atoms with van der Waals surface area (Å²) in [5, 5.41) is 19.9. The van der Waals surface area contributed by atoms with E-state index in [0.717, 1.165) is 31.3 Å². The molecule has 128 valence electrons. The molecule has 1 atom stereocenters. The molecule has 0 saturated heterocycles. The van der Waals surface area contributed by atoms with Crippen molar-refractivity contribution in [3.05, 3.63) is 48.0 Å². The van der Waals surface area contributed by atoms with Crippen molar-refractivity contribution < 1.29 is 14.6 Å². The number of rotatable bonds is 8. The average molecular weight is 321 g/mol. The number of hydrogen-bond donors (Lipinski definition) is 2. The summed E-state index contributed by atoms with van der Waals surface area (Å²) < 4.78 is 14.2. The topological polar surface area (TPSA) is 52.8 Å². The SMILES string of the molecule is C=C\C=C(F)/C(CC[C@@H](O)C1CCC(O)CC1)=C(C)/C=C/N=C. The largest absolute Gasteiger partial charge is 0.393 e. The van der Waals surface area contributed by atoms with Crippen LogP contribution in [0.5, 0.6) is 0 Å². The van der Waals surface area contributed by atoms with E-state index in [1.807, 2.05) is 6.92 Å². The standard InChI is InChI=1S/C19H28FNO2/c1-4-5-18(20)17(14(2)12-13-21-3)10-11-19(23)15-6-8-16(22)9-7-15/h4-5,12-13,15-16,19,22-23H,1,3,6-11H2,2H3/b13-12+,17-14+,18-5+/t15?,16?,19-/m1/s1. The molecule has 2 N–H and O–H groups in total. The Morgan fingerprint density at radius 3 is 2.57 bits per heavy atom. The molecule has 0 unspecified atom stereocenters. The van der Waals surface area contributed by atoms with Gasteiger partial charge in [0.2, 0.25) is 0 Å². The van der Waals surface area contributed by atoms with Gasteiger partial charge in [-0.2, -0.15) is 0 Å². The fourth-order valence-corrected chi connectivity index (χ4v) is 2.99. The molecule has 1 aliphatic rings. The lowest BCUT2D eigenvalue weighted by Gasteiger charge is -2.29. The minimum atomic E-state index is -0.469. The third-order valence-electron chi connectivity index (χ3n) is 4.43. The maximum atomic E-state index is 14.2. The van der Waals surface area contributed by atoms with Gasteiger partial charge in [-0.1, -0.05) is 12.7 Å². The third kappa shape index (κ3) is 6.63. The first-order valence-electron chi connectivity index (χ1n) is 8.16. The van der Waals surface area contributed by atoms with E-state index in [0.29, 0.717) is 18.4 Å². The van der Waals surface area contributed by atoms with Gasteiger partial charge in [-0.3, -0.25) is 4.99 Å². The molecular formula is C19H28FNO2. The minimum absolute atomic E-state index is 0.191. The molecule has 0 aliphatic heterocycles. The Kier molecular flexibility index (Phi) is 8.74. The van der Waals surface area contributed by atoms with Crippen molar-refractivity contribution in [3.8, 4) is 0 Å². The van der Waals surface area contributed by atoms with Gasteiger partial charge in [-0.05, 0) is 81.4 Å². The van der Waals surface area contributed by atoms with Gasteiger partial charge < -0.3 is 10.2 Å². The normalized spacial score (nSPS) is 25.1. The van der Waals surface area contributed by atoms with Crippen LogP contribution in [0.4, 0.5) is 4.39 Å². The maximum absolute atomic E-state index is 14.2. The van der Waals surface area contributed by atoms with Crippen molar-refractivity contribution >= 4 is 6.72 Å². The predicted octanol–water partition coefficient (Wildman–Crippen LogP) is 4.25. The van der Waals surface area contributed by atoms with Crippen molar-refractivity contribution in [3.63, 3.8) is 0 Å². The molecule has 0 spiro atoms. The number of allylic oxidation sites excluding steroid dienone is 6. The van der Waals surface area contributed by atoms with Crippen LogP contribution in [0.1, 0.15) is 45.4 Å². The van der Waals surface area contributed by atoms with Gasteiger partial charge in [0.05, 0.1) is 12.2 Å². The molecule has 0 aromatic rings. The summed E-state index contributed by atoms with van der Waals surface area (Å²) in [6.45, 7) is 8.71.